The fourth-order valence-corrected chi connectivity index (χ4v) is 3.16. The van der Waals surface area contributed by atoms with Crippen LogP contribution in [0.4, 0.5) is 5.69 Å². The van der Waals surface area contributed by atoms with Crippen LogP contribution in [0.2, 0.25) is 0 Å². The number of nitrogens with zero attached hydrogens (tertiary/aromatic N) is 2. The van der Waals surface area contributed by atoms with Crippen LogP contribution in [0.1, 0.15) is 20.3 Å². The van der Waals surface area contributed by atoms with Gasteiger partial charge in [0.25, 0.3) is 0 Å². The van der Waals surface area contributed by atoms with Crippen molar-refractivity contribution in [2.45, 2.75) is 20.3 Å². The van der Waals surface area contributed by atoms with E-state index in [1.807, 2.05) is 12.3 Å². The van der Waals surface area contributed by atoms with Gasteiger partial charge in [0.15, 0.2) is 0 Å². The van der Waals surface area contributed by atoms with E-state index in [0.29, 0.717) is 0 Å². The largest absolute Gasteiger partial charge is 0.371 e. The van der Waals surface area contributed by atoms with Crippen molar-refractivity contribution in [3.05, 3.63) is 36.5 Å². The highest BCUT2D eigenvalue weighted by Crippen LogP contribution is 2.29. The van der Waals surface area contributed by atoms with Gasteiger partial charge in [0.05, 0.1) is 5.52 Å². The Morgan fingerprint density at radius 2 is 2.19 bits per heavy atom. The second-order valence-corrected chi connectivity index (χ2v) is 6.50. The van der Waals surface area contributed by atoms with Crippen molar-refractivity contribution in [3.8, 4) is 0 Å². The molecule has 2 heterocycles. The van der Waals surface area contributed by atoms with E-state index in [4.69, 9.17) is 0 Å². The van der Waals surface area contributed by atoms with E-state index in [1.165, 1.54) is 17.5 Å². The fraction of sp³-hybridized carbons (Fsp3) is 0.500. The quantitative estimate of drug-likeness (QED) is 0.912. The van der Waals surface area contributed by atoms with Gasteiger partial charge in [-0.05, 0) is 55.6 Å². The Balaban J connectivity index is 1.68. The predicted octanol–water partition coefficient (Wildman–Crippen LogP) is 3.31. The van der Waals surface area contributed by atoms with Crippen molar-refractivity contribution in [2.75, 3.05) is 31.1 Å². The summed E-state index contributed by atoms with van der Waals surface area (Å²) in [6, 6.07) is 10.7. The third kappa shape index (κ3) is 3.35. The summed E-state index contributed by atoms with van der Waals surface area (Å²) in [7, 11) is 0. The van der Waals surface area contributed by atoms with Crippen LogP contribution in [-0.4, -0.2) is 31.2 Å². The molecule has 1 aromatic carbocycles. The number of pyridine rings is 1. The lowest BCUT2D eigenvalue weighted by Crippen LogP contribution is -2.28. The molecular formula is C18H25N3. The van der Waals surface area contributed by atoms with Gasteiger partial charge >= 0.3 is 0 Å². The first-order chi connectivity index (χ1) is 10.2. The van der Waals surface area contributed by atoms with Gasteiger partial charge in [-0.2, -0.15) is 0 Å². The minimum absolute atomic E-state index is 0.728. The molecule has 1 fully saturated rings. The lowest BCUT2D eigenvalue weighted by Gasteiger charge is -2.21. The van der Waals surface area contributed by atoms with Gasteiger partial charge in [-0.25, -0.2) is 0 Å². The Labute approximate surface area is 127 Å². The molecule has 1 saturated heterocycles. The van der Waals surface area contributed by atoms with Gasteiger partial charge < -0.3 is 10.2 Å². The number of fused-ring (bicyclic) bond motifs is 1. The van der Waals surface area contributed by atoms with Crippen LogP contribution in [0.15, 0.2) is 36.5 Å². The van der Waals surface area contributed by atoms with Crippen LogP contribution in [0.5, 0.6) is 0 Å². The summed E-state index contributed by atoms with van der Waals surface area (Å²) < 4.78 is 0. The molecule has 3 heteroatoms. The molecule has 1 aliphatic rings. The first-order valence-electron chi connectivity index (χ1n) is 8.03. The highest BCUT2D eigenvalue weighted by Gasteiger charge is 2.23. The van der Waals surface area contributed by atoms with Crippen molar-refractivity contribution < 1.29 is 0 Å². The molecule has 2 aromatic rings. The van der Waals surface area contributed by atoms with Crippen molar-refractivity contribution in [1.82, 2.24) is 10.3 Å². The molecule has 0 aliphatic carbocycles. The highest BCUT2D eigenvalue weighted by atomic mass is 15.2. The number of aromatic nitrogens is 1. The normalized spacial score (nSPS) is 18.8. The molecule has 21 heavy (non-hydrogen) atoms. The van der Waals surface area contributed by atoms with Gasteiger partial charge in [0.2, 0.25) is 0 Å². The number of benzene rings is 1. The van der Waals surface area contributed by atoms with E-state index in [2.05, 4.69) is 53.3 Å². The van der Waals surface area contributed by atoms with Gasteiger partial charge in [-0.3, -0.25) is 4.98 Å². The molecule has 1 unspecified atom stereocenters. The third-order valence-corrected chi connectivity index (χ3v) is 4.23. The summed E-state index contributed by atoms with van der Waals surface area (Å²) in [6.45, 7) is 9.08. The topological polar surface area (TPSA) is 28.2 Å². The number of anilines is 1. The van der Waals surface area contributed by atoms with E-state index in [1.54, 1.807) is 0 Å². The molecule has 3 rings (SSSR count). The monoisotopic (exact) mass is 283 g/mol. The van der Waals surface area contributed by atoms with Crippen molar-refractivity contribution in [2.24, 2.45) is 11.8 Å². The Hall–Kier alpha value is -1.61. The molecule has 0 spiro atoms. The zero-order valence-corrected chi connectivity index (χ0v) is 13.0. The molecule has 0 bridgehead atoms. The van der Waals surface area contributed by atoms with E-state index in [0.717, 1.165) is 43.5 Å². The average molecular weight is 283 g/mol. The third-order valence-electron chi connectivity index (χ3n) is 4.23. The van der Waals surface area contributed by atoms with Crippen molar-refractivity contribution >= 4 is 16.6 Å². The van der Waals surface area contributed by atoms with Crippen LogP contribution in [0.3, 0.4) is 0 Å². The number of rotatable bonds is 5. The Morgan fingerprint density at radius 1 is 1.29 bits per heavy atom. The molecule has 0 saturated carbocycles. The zero-order chi connectivity index (χ0) is 14.7. The van der Waals surface area contributed by atoms with Crippen LogP contribution < -0.4 is 10.2 Å². The molecule has 1 aromatic heterocycles. The minimum Gasteiger partial charge on any atom is -0.371 e. The second kappa shape index (κ2) is 6.44. The van der Waals surface area contributed by atoms with Crippen LogP contribution in [-0.2, 0) is 0 Å². The van der Waals surface area contributed by atoms with Crippen LogP contribution >= 0.6 is 0 Å². The minimum atomic E-state index is 0.728. The lowest BCUT2D eigenvalue weighted by molar-refractivity contribution is 0.477. The Morgan fingerprint density at radius 3 is 3.05 bits per heavy atom. The van der Waals surface area contributed by atoms with Gasteiger partial charge in [0, 0.05) is 30.4 Å². The standard InChI is InChI=1S/C18H25N3/c1-14(2)11-19-12-15-8-10-21(13-15)18-7-3-6-17-16(18)5-4-9-20-17/h3-7,9,14-15,19H,8,10-13H2,1-2H3. The summed E-state index contributed by atoms with van der Waals surface area (Å²) in [6.07, 6.45) is 3.15. The van der Waals surface area contributed by atoms with Crippen LogP contribution in [0.25, 0.3) is 10.9 Å². The molecule has 1 aliphatic heterocycles. The Bertz CT molecular complexity index is 589. The number of hydrogen-bond acceptors (Lipinski definition) is 3. The molecule has 1 N–H and O–H groups in total. The zero-order valence-electron chi connectivity index (χ0n) is 13.0. The van der Waals surface area contributed by atoms with Gasteiger partial charge in [-0.15, -0.1) is 0 Å². The van der Waals surface area contributed by atoms with Crippen LogP contribution in [0, 0.1) is 11.8 Å². The molecule has 1 atom stereocenters. The SMILES string of the molecule is CC(C)CNCC1CCN(c2cccc3ncccc23)C1. The average Bonchev–Trinajstić information content (AvgIpc) is 2.95. The van der Waals surface area contributed by atoms with Crippen molar-refractivity contribution in [1.29, 1.82) is 0 Å². The maximum atomic E-state index is 4.46. The summed E-state index contributed by atoms with van der Waals surface area (Å²) in [5.74, 6) is 1.49. The van der Waals surface area contributed by atoms with E-state index >= 15 is 0 Å². The fourth-order valence-electron chi connectivity index (χ4n) is 3.16. The summed E-state index contributed by atoms with van der Waals surface area (Å²) in [5.41, 5.74) is 2.43. The Kier molecular flexibility index (Phi) is 4.39. The number of hydrogen-bond donors (Lipinski definition) is 1. The molecule has 0 amide bonds. The van der Waals surface area contributed by atoms with E-state index in [9.17, 15) is 0 Å². The maximum Gasteiger partial charge on any atom is 0.0722 e. The predicted molar refractivity (Wildman–Crippen MR) is 89.8 cm³/mol. The number of nitrogens with one attached hydrogen (secondary N) is 1. The summed E-state index contributed by atoms with van der Waals surface area (Å²) in [5, 5.41) is 4.87. The van der Waals surface area contributed by atoms with Gasteiger partial charge in [0.1, 0.15) is 0 Å². The molecule has 112 valence electrons. The van der Waals surface area contributed by atoms with Gasteiger partial charge in [-0.1, -0.05) is 19.9 Å². The molecule has 3 nitrogen and oxygen atoms in total. The van der Waals surface area contributed by atoms with E-state index in [-0.39, 0.29) is 0 Å². The van der Waals surface area contributed by atoms with Crippen molar-refractivity contribution in [3.63, 3.8) is 0 Å². The lowest BCUT2D eigenvalue weighted by atomic mass is 10.1. The summed E-state index contributed by atoms with van der Waals surface area (Å²) in [4.78, 5) is 6.98. The maximum absolute atomic E-state index is 4.46. The molecule has 0 radical (unpaired) electrons. The molecular weight excluding hydrogens is 258 g/mol. The highest BCUT2D eigenvalue weighted by molar-refractivity contribution is 5.91. The van der Waals surface area contributed by atoms with E-state index < -0.39 is 0 Å². The second-order valence-electron chi connectivity index (χ2n) is 6.50. The smallest absolute Gasteiger partial charge is 0.0722 e. The first-order valence-corrected chi connectivity index (χ1v) is 8.03. The first kappa shape index (κ1) is 14.3. The summed E-state index contributed by atoms with van der Waals surface area (Å²) >= 11 is 0.